The second-order valence-electron chi connectivity index (χ2n) is 8.85. The van der Waals surface area contributed by atoms with Crippen LogP contribution in [0.4, 0.5) is 11.4 Å². The van der Waals surface area contributed by atoms with E-state index in [-0.39, 0.29) is 24.1 Å². The van der Waals surface area contributed by atoms with Gasteiger partial charge in [-0.15, -0.1) is 0 Å². The summed E-state index contributed by atoms with van der Waals surface area (Å²) in [4.78, 5) is 38.7. The van der Waals surface area contributed by atoms with Gasteiger partial charge in [0.05, 0.1) is 11.4 Å². The van der Waals surface area contributed by atoms with E-state index in [9.17, 15) is 14.4 Å². The number of hydrogen-bond donors (Lipinski definition) is 4. The first-order valence-electron chi connectivity index (χ1n) is 12.4. The number of carbonyl (C=O) groups is 3. The zero-order valence-corrected chi connectivity index (χ0v) is 20.9. The third-order valence-electron chi connectivity index (χ3n) is 6.08. The van der Waals surface area contributed by atoms with Gasteiger partial charge in [0.25, 0.3) is 5.91 Å². The molecule has 0 fully saturated rings. The Bertz CT molecular complexity index is 1370. The molecule has 192 valence electrons. The van der Waals surface area contributed by atoms with Gasteiger partial charge in [0, 0.05) is 18.5 Å². The van der Waals surface area contributed by atoms with E-state index < -0.39 is 6.04 Å². The summed E-state index contributed by atoms with van der Waals surface area (Å²) in [5.41, 5.74) is 9.86. The molecule has 0 bridgehead atoms. The van der Waals surface area contributed by atoms with Crippen LogP contribution in [0.2, 0.25) is 0 Å². The lowest BCUT2D eigenvalue weighted by Crippen LogP contribution is -2.40. The molecule has 5 N–H and O–H groups in total. The maximum atomic E-state index is 13.2. The first kappa shape index (κ1) is 26.2. The van der Waals surface area contributed by atoms with Gasteiger partial charge >= 0.3 is 0 Å². The molecule has 4 rings (SSSR count). The van der Waals surface area contributed by atoms with E-state index in [0.717, 1.165) is 11.1 Å². The molecule has 1 unspecified atom stereocenters. The highest BCUT2D eigenvalue weighted by molar-refractivity contribution is 6.05. The maximum absolute atomic E-state index is 13.2. The summed E-state index contributed by atoms with van der Waals surface area (Å²) in [7, 11) is 0. The number of hydrogen-bond acceptors (Lipinski definition) is 4. The molecule has 1 atom stereocenters. The molecule has 4 aromatic rings. The average Bonchev–Trinajstić information content (AvgIpc) is 2.96. The van der Waals surface area contributed by atoms with Gasteiger partial charge in [-0.3, -0.25) is 14.4 Å². The standard InChI is InChI=1S/C31H30N4O3/c32-26-13-7-8-14-27(26)34-30(37)25-18-16-24(17-19-25)29(31(38)33-21-23-11-5-2-6-12-23)35-28(36)20-15-22-9-3-1-4-10-22/h1-14,16-19,29H,15,20-21,32H2,(H,33,38)(H,34,37)(H,35,36). The van der Waals surface area contributed by atoms with Crippen LogP contribution < -0.4 is 21.7 Å². The van der Waals surface area contributed by atoms with Crippen molar-refractivity contribution in [3.8, 4) is 0 Å². The third-order valence-corrected chi connectivity index (χ3v) is 6.08. The monoisotopic (exact) mass is 506 g/mol. The van der Waals surface area contributed by atoms with Crippen molar-refractivity contribution in [2.45, 2.75) is 25.4 Å². The first-order valence-corrected chi connectivity index (χ1v) is 12.4. The second-order valence-corrected chi connectivity index (χ2v) is 8.85. The lowest BCUT2D eigenvalue weighted by Gasteiger charge is -2.19. The minimum atomic E-state index is -0.913. The summed E-state index contributed by atoms with van der Waals surface area (Å²) in [6.45, 7) is 0.328. The number of benzene rings is 4. The minimum Gasteiger partial charge on any atom is -0.397 e. The summed E-state index contributed by atoms with van der Waals surface area (Å²) in [6.07, 6.45) is 0.804. The fourth-order valence-electron chi connectivity index (χ4n) is 3.96. The zero-order valence-electron chi connectivity index (χ0n) is 20.9. The van der Waals surface area contributed by atoms with E-state index in [0.29, 0.717) is 35.5 Å². The molecule has 0 aromatic heterocycles. The van der Waals surface area contributed by atoms with E-state index in [4.69, 9.17) is 5.73 Å². The molecule has 4 aromatic carbocycles. The van der Waals surface area contributed by atoms with Crippen molar-refractivity contribution < 1.29 is 14.4 Å². The van der Waals surface area contributed by atoms with Crippen LogP contribution in [0.1, 0.15) is 39.5 Å². The number of nitrogens with one attached hydrogen (secondary N) is 3. The van der Waals surface area contributed by atoms with E-state index >= 15 is 0 Å². The molecule has 7 nitrogen and oxygen atoms in total. The smallest absolute Gasteiger partial charge is 0.255 e. The van der Waals surface area contributed by atoms with Crippen molar-refractivity contribution >= 4 is 29.1 Å². The van der Waals surface area contributed by atoms with Gasteiger partial charge in [-0.25, -0.2) is 0 Å². The normalized spacial score (nSPS) is 11.3. The fraction of sp³-hybridized carbons (Fsp3) is 0.129. The molecule has 0 saturated carbocycles. The largest absolute Gasteiger partial charge is 0.397 e. The molecule has 38 heavy (non-hydrogen) atoms. The molecule has 0 saturated heterocycles. The summed E-state index contributed by atoms with van der Waals surface area (Å²) in [5.74, 6) is -0.905. The molecule has 3 amide bonds. The zero-order chi connectivity index (χ0) is 26.7. The Balaban J connectivity index is 1.46. The van der Waals surface area contributed by atoms with Gasteiger partial charge in [0.1, 0.15) is 6.04 Å². The molecule has 0 aliphatic rings. The number of nitrogen functional groups attached to an aromatic ring is 1. The Hall–Kier alpha value is -4.91. The van der Waals surface area contributed by atoms with Crippen LogP contribution in [0, 0.1) is 0 Å². The van der Waals surface area contributed by atoms with E-state index in [2.05, 4.69) is 16.0 Å². The number of carbonyl (C=O) groups excluding carboxylic acids is 3. The van der Waals surface area contributed by atoms with Crippen LogP contribution in [0.5, 0.6) is 0 Å². The maximum Gasteiger partial charge on any atom is 0.255 e. The van der Waals surface area contributed by atoms with Gasteiger partial charge in [-0.1, -0.05) is 84.9 Å². The number of aryl methyl sites for hydroxylation is 1. The Morgan fingerprint density at radius 3 is 1.97 bits per heavy atom. The van der Waals surface area contributed by atoms with Crippen LogP contribution in [-0.4, -0.2) is 17.7 Å². The van der Waals surface area contributed by atoms with Crippen LogP contribution in [0.15, 0.2) is 109 Å². The van der Waals surface area contributed by atoms with Crippen molar-refractivity contribution in [3.05, 3.63) is 131 Å². The summed E-state index contributed by atoms with van der Waals surface area (Å²) in [5, 5.41) is 8.56. The minimum absolute atomic E-state index is 0.241. The Morgan fingerprint density at radius 2 is 1.32 bits per heavy atom. The van der Waals surface area contributed by atoms with Gasteiger partial charge < -0.3 is 21.7 Å². The van der Waals surface area contributed by atoms with Gasteiger partial charge in [-0.2, -0.15) is 0 Å². The molecule has 7 heteroatoms. The second kappa shape index (κ2) is 12.9. The van der Waals surface area contributed by atoms with E-state index in [1.165, 1.54) is 0 Å². The van der Waals surface area contributed by atoms with Gasteiger partial charge in [0.15, 0.2) is 0 Å². The van der Waals surface area contributed by atoms with Crippen LogP contribution in [-0.2, 0) is 22.6 Å². The predicted molar refractivity (Wildman–Crippen MR) is 149 cm³/mol. The number of anilines is 2. The average molecular weight is 507 g/mol. The fourth-order valence-corrected chi connectivity index (χ4v) is 3.96. The Labute approximate surface area is 222 Å². The third kappa shape index (κ3) is 7.30. The number of amides is 3. The Kier molecular flexibility index (Phi) is 8.86. The molecular formula is C31H30N4O3. The highest BCUT2D eigenvalue weighted by Crippen LogP contribution is 2.20. The van der Waals surface area contributed by atoms with Crippen LogP contribution in [0.25, 0.3) is 0 Å². The Morgan fingerprint density at radius 1 is 0.711 bits per heavy atom. The quantitative estimate of drug-likeness (QED) is 0.235. The molecule has 0 aliphatic heterocycles. The number of nitrogens with two attached hydrogens (primary N) is 1. The highest BCUT2D eigenvalue weighted by atomic mass is 16.2. The van der Waals surface area contributed by atoms with Gasteiger partial charge in [-0.05, 0) is 47.4 Å². The van der Waals surface area contributed by atoms with Crippen molar-refractivity contribution in [1.29, 1.82) is 0 Å². The number of para-hydroxylation sites is 2. The SMILES string of the molecule is Nc1ccccc1NC(=O)c1ccc(C(NC(=O)CCc2ccccc2)C(=O)NCc2ccccc2)cc1. The lowest BCUT2D eigenvalue weighted by molar-refractivity contribution is -0.129. The predicted octanol–water partition coefficient (Wildman–Crippen LogP) is 4.63. The molecule has 0 heterocycles. The van der Waals surface area contributed by atoms with Crippen LogP contribution >= 0.6 is 0 Å². The summed E-state index contributed by atoms with van der Waals surface area (Å²) >= 11 is 0. The van der Waals surface area contributed by atoms with Crippen LogP contribution in [0.3, 0.4) is 0 Å². The topological polar surface area (TPSA) is 113 Å². The van der Waals surface area contributed by atoms with Crippen molar-refractivity contribution in [3.63, 3.8) is 0 Å². The molecular weight excluding hydrogens is 476 g/mol. The molecule has 0 radical (unpaired) electrons. The number of rotatable bonds is 10. The van der Waals surface area contributed by atoms with E-state index in [1.807, 2.05) is 60.7 Å². The summed E-state index contributed by atoms with van der Waals surface area (Å²) < 4.78 is 0. The lowest BCUT2D eigenvalue weighted by atomic mass is 10.0. The van der Waals surface area contributed by atoms with E-state index in [1.54, 1.807) is 48.5 Å². The van der Waals surface area contributed by atoms with Crippen molar-refractivity contribution in [1.82, 2.24) is 10.6 Å². The van der Waals surface area contributed by atoms with Gasteiger partial charge in [0.2, 0.25) is 11.8 Å². The van der Waals surface area contributed by atoms with Crippen molar-refractivity contribution in [2.24, 2.45) is 0 Å². The van der Waals surface area contributed by atoms with Crippen molar-refractivity contribution in [2.75, 3.05) is 11.1 Å². The first-order chi connectivity index (χ1) is 18.5. The highest BCUT2D eigenvalue weighted by Gasteiger charge is 2.23. The summed E-state index contributed by atoms with van der Waals surface area (Å²) in [6, 6.07) is 31.9. The molecule has 0 aliphatic carbocycles. The molecule has 0 spiro atoms.